The molecule has 1 aromatic heterocycles. The number of rotatable bonds is 6. The summed E-state index contributed by atoms with van der Waals surface area (Å²) in [6.45, 7) is 6.25. The van der Waals surface area contributed by atoms with E-state index in [0.29, 0.717) is 12.2 Å². The highest BCUT2D eigenvalue weighted by Gasteiger charge is 2.04. The molecule has 1 heterocycles. The Morgan fingerprint density at radius 2 is 2.00 bits per heavy atom. The highest BCUT2D eigenvalue weighted by Crippen LogP contribution is 2.22. The van der Waals surface area contributed by atoms with Crippen LogP contribution in [-0.2, 0) is 4.79 Å². The third-order valence-corrected chi connectivity index (χ3v) is 3.67. The highest BCUT2D eigenvalue weighted by molar-refractivity contribution is 5.89. The van der Waals surface area contributed by atoms with Gasteiger partial charge in [-0.15, -0.1) is 0 Å². The number of aromatic nitrogens is 1. The van der Waals surface area contributed by atoms with Gasteiger partial charge in [0.05, 0.1) is 11.9 Å². The molecular formula is C18H23N3O. The standard InChI is InChI=1S/C18H23N3O/c1-4-5-9-18(22)21-17-11-10-15(12-19-17)20-16-8-6-7-13(2)14(16)3/h6-8,10-12,20H,4-5,9H2,1-3H3,(H,19,21,22). The Kier molecular flexibility index (Phi) is 5.53. The van der Waals surface area contributed by atoms with E-state index >= 15 is 0 Å². The molecule has 22 heavy (non-hydrogen) atoms. The van der Waals surface area contributed by atoms with Crippen LogP contribution in [0, 0.1) is 13.8 Å². The quantitative estimate of drug-likeness (QED) is 0.821. The third kappa shape index (κ3) is 4.32. The van der Waals surface area contributed by atoms with Gasteiger partial charge in [0.1, 0.15) is 5.82 Å². The number of benzene rings is 1. The van der Waals surface area contributed by atoms with Crippen molar-refractivity contribution in [2.24, 2.45) is 0 Å². The second-order valence-electron chi connectivity index (χ2n) is 5.46. The zero-order valence-corrected chi connectivity index (χ0v) is 13.4. The van der Waals surface area contributed by atoms with Crippen LogP contribution in [-0.4, -0.2) is 10.9 Å². The summed E-state index contributed by atoms with van der Waals surface area (Å²) >= 11 is 0. The Hall–Kier alpha value is -2.36. The van der Waals surface area contributed by atoms with E-state index in [1.165, 1.54) is 11.1 Å². The van der Waals surface area contributed by atoms with Crippen LogP contribution in [0.1, 0.15) is 37.3 Å². The molecule has 2 N–H and O–H groups in total. The molecule has 4 nitrogen and oxygen atoms in total. The number of carbonyl (C=O) groups excluding carboxylic acids is 1. The summed E-state index contributed by atoms with van der Waals surface area (Å²) in [4.78, 5) is 15.9. The lowest BCUT2D eigenvalue weighted by atomic mass is 10.1. The lowest BCUT2D eigenvalue weighted by Crippen LogP contribution is -2.12. The predicted molar refractivity (Wildman–Crippen MR) is 91.6 cm³/mol. The largest absolute Gasteiger partial charge is 0.354 e. The van der Waals surface area contributed by atoms with Gasteiger partial charge < -0.3 is 10.6 Å². The van der Waals surface area contributed by atoms with E-state index in [1.54, 1.807) is 6.20 Å². The maximum absolute atomic E-state index is 11.7. The molecule has 0 bridgehead atoms. The van der Waals surface area contributed by atoms with E-state index in [4.69, 9.17) is 0 Å². The number of carbonyl (C=O) groups is 1. The first kappa shape index (κ1) is 16.0. The van der Waals surface area contributed by atoms with Crippen LogP contribution >= 0.6 is 0 Å². The van der Waals surface area contributed by atoms with Crippen LogP contribution in [0.2, 0.25) is 0 Å². The van der Waals surface area contributed by atoms with Gasteiger partial charge in [-0.3, -0.25) is 4.79 Å². The van der Waals surface area contributed by atoms with Crippen LogP contribution in [0.15, 0.2) is 36.5 Å². The first-order valence-corrected chi connectivity index (χ1v) is 7.69. The molecule has 0 fully saturated rings. The Balaban J connectivity index is 2.00. The zero-order valence-electron chi connectivity index (χ0n) is 13.4. The van der Waals surface area contributed by atoms with Crippen LogP contribution in [0.25, 0.3) is 0 Å². The molecule has 0 saturated carbocycles. The van der Waals surface area contributed by atoms with E-state index < -0.39 is 0 Å². The van der Waals surface area contributed by atoms with Gasteiger partial charge in [-0.05, 0) is 49.6 Å². The first-order valence-electron chi connectivity index (χ1n) is 7.69. The highest BCUT2D eigenvalue weighted by atomic mass is 16.1. The number of amides is 1. The van der Waals surface area contributed by atoms with E-state index in [2.05, 4.69) is 42.5 Å². The van der Waals surface area contributed by atoms with Crippen molar-refractivity contribution >= 4 is 23.1 Å². The summed E-state index contributed by atoms with van der Waals surface area (Å²) in [7, 11) is 0. The van der Waals surface area contributed by atoms with Crippen molar-refractivity contribution in [2.45, 2.75) is 40.0 Å². The Morgan fingerprint density at radius 1 is 1.18 bits per heavy atom. The average Bonchev–Trinajstić information content (AvgIpc) is 2.51. The molecule has 0 saturated heterocycles. The monoisotopic (exact) mass is 297 g/mol. The van der Waals surface area contributed by atoms with Gasteiger partial charge in [-0.2, -0.15) is 0 Å². The molecular weight excluding hydrogens is 274 g/mol. The van der Waals surface area contributed by atoms with Crippen molar-refractivity contribution in [3.05, 3.63) is 47.7 Å². The summed E-state index contributed by atoms with van der Waals surface area (Å²) in [6, 6.07) is 9.90. The molecule has 2 rings (SSSR count). The lowest BCUT2D eigenvalue weighted by Gasteiger charge is -2.11. The number of nitrogens with one attached hydrogen (secondary N) is 2. The fourth-order valence-electron chi connectivity index (χ4n) is 2.13. The molecule has 1 aromatic carbocycles. The maximum atomic E-state index is 11.7. The second kappa shape index (κ2) is 7.59. The number of unbranched alkanes of at least 4 members (excludes halogenated alkanes) is 1. The van der Waals surface area contributed by atoms with Gasteiger partial charge in [0.15, 0.2) is 0 Å². The van der Waals surface area contributed by atoms with Crippen LogP contribution in [0.4, 0.5) is 17.2 Å². The van der Waals surface area contributed by atoms with E-state index in [9.17, 15) is 4.79 Å². The Labute approximate surface area is 132 Å². The summed E-state index contributed by atoms with van der Waals surface area (Å²) in [5.74, 6) is 0.609. The van der Waals surface area contributed by atoms with Crippen molar-refractivity contribution in [1.29, 1.82) is 0 Å². The van der Waals surface area contributed by atoms with Crippen molar-refractivity contribution in [3.63, 3.8) is 0 Å². The number of hydrogen-bond acceptors (Lipinski definition) is 3. The van der Waals surface area contributed by atoms with Gasteiger partial charge >= 0.3 is 0 Å². The van der Waals surface area contributed by atoms with Crippen molar-refractivity contribution in [3.8, 4) is 0 Å². The third-order valence-electron chi connectivity index (χ3n) is 3.67. The zero-order chi connectivity index (χ0) is 15.9. The van der Waals surface area contributed by atoms with Crippen molar-refractivity contribution in [2.75, 3.05) is 10.6 Å². The topological polar surface area (TPSA) is 54.0 Å². The number of anilines is 3. The second-order valence-corrected chi connectivity index (χ2v) is 5.46. The summed E-state index contributed by atoms with van der Waals surface area (Å²) in [6.07, 6.45) is 4.19. The van der Waals surface area contributed by atoms with E-state index in [1.807, 2.05) is 24.3 Å². The fraction of sp³-hybridized carbons (Fsp3) is 0.333. The maximum Gasteiger partial charge on any atom is 0.225 e. The minimum atomic E-state index is 0.0181. The van der Waals surface area contributed by atoms with Crippen LogP contribution in [0.5, 0.6) is 0 Å². The smallest absolute Gasteiger partial charge is 0.225 e. The Bertz CT molecular complexity index is 635. The average molecular weight is 297 g/mol. The lowest BCUT2D eigenvalue weighted by molar-refractivity contribution is -0.116. The SMILES string of the molecule is CCCCC(=O)Nc1ccc(Nc2cccc(C)c2C)cn1. The molecule has 116 valence electrons. The summed E-state index contributed by atoms with van der Waals surface area (Å²) < 4.78 is 0. The van der Waals surface area contributed by atoms with Crippen molar-refractivity contribution in [1.82, 2.24) is 4.98 Å². The predicted octanol–water partition coefficient (Wildman–Crippen LogP) is 4.57. The number of pyridine rings is 1. The minimum Gasteiger partial charge on any atom is -0.354 e. The number of hydrogen-bond donors (Lipinski definition) is 2. The van der Waals surface area contributed by atoms with Crippen molar-refractivity contribution < 1.29 is 4.79 Å². The summed E-state index contributed by atoms with van der Waals surface area (Å²) in [5, 5.41) is 6.16. The van der Waals surface area contributed by atoms with Crippen LogP contribution < -0.4 is 10.6 Å². The first-order chi connectivity index (χ1) is 10.6. The molecule has 0 atom stereocenters. The molecule has 1 amide bonds. The van der Waals surface area contributed by atoms with Gasteiger partial charge in [-0.1, -0.05) is 25.5 Å². The molecule has 0 unspecified atom stereocenters. The van der Waals surface area contributed by atoms with E-state index in [0.717, 1.165) is 24.2 Å². The number of nitrogens with zero attached hydrogens (tertiary/aromatic N) is 1. The fourth-order valence-corrected chi connectivity index (χ4v) is 2.13. The van der Waals surface area contributed by atoms with Gasteiger partial charge in [0, 0.05) is 12.1 Å². The summed E-state index contributed by atoms with van der Waals surface area (Å²) in [5.41, 5.74) is 4.44. The van der Waals surface area contributed by atoms with Gasteiger partial charge in [-0.25, -0.2) is 4.98 Å². The normalized spacial score (nSPS) is 10.3. The number of aryl methyl sites for hydroxylation is 1. The molecule has 4 heteroatoms. The molecule has 0 aliphatic carbocycles. The minimum absolute atomic E-state index is 0.0181. The molecule has 0 spiro atoms. The molecule has 0 aliphatic rings. The molecule has 0 aliphatic heterocycles. The van der Waals surface area contributed by atoms with Crippen LogP contribution in [0.3, 0.4) is 0 Å². The molecule has 0 radical (unpaired) electrons. The Morgan fingerprint density at radius 3 is 2.68 bits per heavy atom. The van der Waals surface area contributed by atoms with E-state index in [-0.39, 0.29) is 5.91 Å². The molecule has 2 aromatic rings. The van der Waals surface area contributed by atoms with Gasteiger partial charge in [0.2, 0.25) is 5.91 Å². The van der Waals surface area contributed by atoms with Gasteiger partial charge in [0.25, 0.3) is 0 Å².